The molecule has 0 fully saturated rings. The first-order chi connectivity index (χ1) is 19.6. The lowest BCUT2D eigenvalue weighted by molar-refractivity contribution is 1.08. The Labute approximate surface area is 245 Å². The van der Waals surface area contributed by atoms with E-state index in [4.69, 9.17) is 11.5 Å². The Balaban J connectivity index is 1.21. The summed E-state index contributed by atoms with van der Waals surface area (Å²) in [5, 5.41) is 10.5. The highest BCUT2D eigenvalue weighted by atomic mass is 33.1. The summed E-state index contributed by atoms with van der Waals surface area (Å²) in [4.78, 5) is 30.1. The predicted molar refractivity (Wildman–Crippen MR) is 166 cm³/mol. The Kier molecular flexibility index (Phi) is 7.72. The molecule has 0 spiro atoms. The lowest BCUT2D eigenvalue weighted by Gasteiger charge is -2.13. The number of anilines is 6. The normalized spacial score (nSPS) is 10.9. The van der Waals surface area contributed by atoms with Crippen molar-refractivity contribution in [1.82, 2.24) is 29.9 Å². The van der Waals surface area contributed by atoms with Crippen LogP contribution in [0.5, 0.6) is 0 Å². The second-order valence-corrected chi connectivity index (χ2v) is 12.2. The molecular weight excluding hydrogens is 581 g/mol. The molecule has 4 heterocycles. The van der Waals surface area contributed by atoms with E-state index in [1.54, 1.807) is 44.3 Å². The first kappa shape index (κ1) is 26.0. The van der Waals surface area contributed by atoms with E-state index in [1.807, 2.05) is 83.6 Å². The molecular formula is C26H20N10S4. The van der Waals surface area contributed by atoms with Gasteiger partial charge < -0.3 is 22.1 Å². The van der Waals surface area contributed by atoms with Crippen molar-refractivity contribution in [2.45, 2.75) is 9.79 Å². The van der Waals surface area contributed by atoms with Crippen LogP contribution in [0.25, 0.3) is 21.4 Å². The summed E-state index contributed by atoms with van der Waals surface area (Å²) in [7, 11) is 3.18. The number of nitrogens with zero attached hydrogens (tertiary/aromatic N) is 6. The van der Waals surface area contributed by atoms with Gasteiger partial charge in [-0.05, 0) is 47.2 Å². The third-order valence-electron chi connectivity index (χ3n) is 5.28. The van der Waals surface area contributed by atoms with Crippen LogP contribution in [0.1, 0.15) is 0 Å². The first-order valence-corrected chi connectivity index (χ1v) is 15.7. The molecule has 0 amide bonds. The average Bonchev–Trinajstić information content (AvgIpc) is 3.68. The third-order valence-corrected chi connectivity index (χ3v) is 9.49. The zero-order valence-electron chi connectivity index (χ0n) is 20.6. The lowest BCUT2D eigenvalue weighted by atomic mass is 10.3. The number of aromatic nitrogens is 6. The minimum atomic E-state index is 0.154. The van der Waals surface area contributed by atoms with Gasteiger partial charge in [0.1, 0.15) is 0 Å². The Bertz CT molecular complexity index is 1610. The summed E-state index contributed by atoms with van der Waals surface area (Å²) in [5.41, 5.74) is 13.7. The second-order valence-electron chi connectivity index (χ2n) is 8.05. The summed E-state index contributed by atoms with van der Waals surface area (Å²) in [6.07, 6.45) is 0. The molecule has 40 heavy (non-hydrogen) atoms. The molecule has 0 radical (unpaired) electrons. The summed E-state index contributed by atoms with van der Waals surface area (Å²) in [6.45, 7) is 0. The highest BCUT2D eigenvalue weighted by Gasteiger charge is 2.13. The van der Waals surface area contributed by atoms with Gasteiger partial charge >= 0.3 is 0 Å². The molecule has 6 N–H and O–H groups in total. The maximum Gasteiger partial charge on any atom is 0.232 e. The van der Waals surface area contributed by atoms with Gasteiger partial charge in [0.2, 0.25) is 23.8 Å². The minimum absolute atomic E-state index is 0.154. The zero-order valence-corrected chi connectivity index (χ0v) is 23.8. The molecule has 0 aliphatic heterocycles. The van der Waals surface area contributed by atoms with Crippen LogP contribution < -0.4 is 22.1 Å². The minimum Gasteiger partial charge on any atom is -0.368 e. The number of nitrogens with two attached hydrogens (primary N) is 2. The largest absolute Gasteiger partial charge is 0.368 e. The molecule has 0 bridgehead atoms. The van der Waals surface area contributed by atoms with Crippen molar-refractivity contribution in [3.05, 3.63) is 83.6 Å². The van der Waals surface area contributed by atoms with Crippen LogP contribution in [-0.2, 0) is 0 Å². The molecule has 0 saturated carbocycles. The fourth-order valence-electron chi connectivity index (χ4n) is 3.54. The molecule has 0 saturated heterocycles. The SMILES string of the molecule is Nc1nc(Nc2ccccc2SSc2ccccc2Nc2nc(N)nc(-c3cccs3)n2)nc(-c2cccs2)n1. The van der Waals surface area contributed by atoms with Crippen molar-refractivity contribution in [2.24, 2.45) is 0 Å². The summed E-state index contributed by atoms with van der Waals surface area (Å²) >= 11 is 3.09. The van der Waals surface area contributed by atoms with Crippen LogP contribution in [0.15, 0.2) is 93.3 Å². The molecule has 0 aliphatic carbocycles. The van der Waals surface area contributed by atoms with Crippen molar-refractivity contribution in [3.63, 3.8) is 0 Å². The molecule has 4 aromatic heterocycles. The molecule has 0 unspecified atom stereocenters. The van der Waals surface area contributed by atoms with Crippen LogP contribution in [-0.4, -0.2) is 29.9 Å². The van der Waals surface area contributed by atoms with Crippen LogP contribution in [0.4, 0.5) is 35.2 Å². The maximum absolute atomic E-state index is 5.98. The Morgan fingerprint density at radius 1 is 0.525 bits per heavy atom. The molecule has 0 atom stereocenters. The van der Waals surface area contributed by atoms with Crippen molar-refractivity contribution >= 4 is 79.4 Å². The summed E-state index contributed by atoms with van der Waals surface area (Å²) in [5.74, 6) is 2.13. The number of thiophene rings is 2. The Hall–Kier alpha value is -4.24. The third kappa shape index (κ3) is 6.15. The zero-order chi connectivity index (χ0) is 27.3. The number of rotatable bonds is 9. The first-order valence-electron chi connectivity index (χ1n) is 11.8. The summed E-state index contributed by atoms with van der Waals surface area (Å²) in [6, 6.07) is 23.7. The van der Waals surface area contributed by atoms with E-state index in [9.17, 15) is 0 Å². The van der Waals surface area contributed by atoms with E-state index in [1.165, 1.54) is 0 Å². The fraction of sp³-hybridized carbons (Fsp3) is 0. The number of benzene rings is 2. The van der Waals surface area contributed by atoms with Crippen LogP contribution >= 0.6 is 44.3 Å². The van der Waals surface area contributed by atoms with E-state index in [0.717, 1.165) is 30.9 Å². The summed E-state index contributed by atoms with van der Waals surface area (Å²) < 4.78 is 0. The van der Waals surface area contributed by atoms with Gasteiger partial charge in [0.25, 0.3) is 0 Å². The van der Waals surface area contributed by atoms with Crippen molar-refractivity contribution in [1.29, 1.82) is 0 Å². The smallest absolute Gasteiger partial charge is 0.232 e. The van der Waals surface area contributed by atoms with Gasteiger partial charge in [0.05, 0.1) is 21.1 Å². The quantitative estimate of drug-likeness (QED) is 0.127. The molecule has 0 aliphatic rings. The van der Waals surface area contributed by atoms with E-state index >= 15 is 0 Å². The van der Waals surface area contributed by atoms with Gasteiger partial charge in [-0.25, -0.2) is 0 Å². The van der Waals surface area contributed by atoms with E-state index < -0.39 is 0 Å². The maximum atomic E-state index is 5.98. The number of para-hydroxylation sites is 2. The average molecular weight is 601 g/mol. The van der Waals surface area contributed by atoms with E-state index in [2.05, 4.69) is 40.5 Å². The van der Waals surface area contributed by atoms with Crippen LogP contribution in [0.3, 0.4) is 0 Å². The van der Waals surface area contributed by atoms with Crippen molar-refractivity contribution in [2.75, 3.05) is 22.1 Å². The Morgan fingerprint density at radius 3 is 1.40 bits per heavy atom. The van der Waals surface area contributed by atoms with Crippen molar-refractivity contribution in [3.8, 4) is 21.4 Å². The molecule has 198 valence electrons. The number of hydrogen-bond donors (Lipinski definition) is 4. The molecule has 6 aromatic rings. The molecule has 6 rings (SSSR count). The highest BCUT2D eigenvalue weighted by Crippen LogP contribution is 2.44. The van der Waals surface area contributed by atoms with Crippen LogP contribution in [0.2, 0.25) is 0 Å². The van der Waals surface area contributed by atoms with Gasteiger partial charge in [-0.2, -0.15) is 29.9 Å². The van der Waals surface area contributed by atoms with E-state index in [-0.39, 0.29) is 11.9 Å². The number of nitrogens with one attached hydrogen (secondary N) is 2. The lowest BCUT2D eigenvalue weighted by Crippen LogP contribution is -2.05. The van der Waals surface area contributed by atoms with Crippen molar-refractivity contribution < 1.29 is 0 Å². The standard InChI is InChI=1S/C26H20N10S4/c27-23-31-21(19-11-5-13-37-19)33-25(35-23)29-15-7-1-3-9-17(15)39-40-18-10-4-2-8-16(18)30-26-34-22(32-24(28)36-26)20-12-6-14-38-20/h1-14H,(H3,27,29,31,33,35)(H3,28,30,32,34,36). The van der Waals surface area contributed by atoms with Gasteiger partial charge in [0.15, 0.2) is 11.6 Å². The van der Waals surface area contributed by atoms with Crippen LogP contribution in [0, 0.1) is 0 Å². The number of hydrogen-bond acceptors (Lipinski definition) is 14. The van der Waals surface area contributed by atoms with Gasteiger partial charge in [-0.15, -0.1) is 22.7 Å². The highest BCUT2D eigenvalue weighted by molar-refractivity contribution is 8.76. The fourth-order valence-corrected chi connectivity index (χ4v) is 7.14. The molecule has 14 heteroatoms. The second kappa shape index (κ2) is 11.9. The van der Waals surface area contributed by atoms with E-state index in [0.29, 0.717) is 23.5 Å². The molecule has 2 aromatic carbocycles. The monoisotopic (exact) mass is 600 g/mol. The van der Waals surface area contributed by atoms with Gasteiger partial charge in [0, 0.05) is 9.79 Å². The van der Waals surface area contributed by atoms with Gasteiger partial charge in [-0.1, -0.05) is 58.0 Å². The van der Waals surface area contributed by atoms with Gasteiger partial charge in [-0.3, -0.25) is 0 Å². The Morgan fingerprint density at radius 2 is 0.975 bits per heavy atom. The molecule has 10 nitrogen and oxygen atoms in total. The predicted octanol–water partition coefficient (Wildman–Crippen LogP) is 6.96. The topological polar surface area (TPSA) is 153 Å². The number of nitrogen functional groups attached to an aromatic ring is 2.